The van der Waals surface area contributed by atoms with Gasteiger partial charge in [0, 0.05) is 25.2 Å². The zero-order valence-corrected chi connectivity index (χ0v) is 11.7. The Morgan fingerprint density at radius 1 is 1.45 bits per heavy atom. The van der Waals surface area contributed by atoms with Gasteiger partial charge in [0.1, 0.15) is 5.82 Å². The molecule has 0 bridgehead atoms. The maximum absolute atomic E-state index is 14.3. The number of benzene rings is 1. The predicted octanol–water partition coefficient (Wildman–Crippen LogP) is 1.53. The highest BCUT2D eigenvalue weighted by Gasteiger charge is 2.23. The summed E-state index contributed by atoms with van der Waals surface area (Å²) in [6, 6.07) is 4.92. The van der Waals surface area contributed by atoms with Crippen molar-refractivity contribution in [2.75, 3.05) is 13.1 Å². The predicted molar refractivity (Wildman–Crippen MR) is 74.2 cm³/mol. The van der Waals surface area contributed by atoms with Crippen LogP contribution in [0.4, 0.5) is 4.39 Å². The molecule has 5 nitrogen and oxygen atoms in total. The van der Waals surface area contributed by atoms with Crippen LogP contribution >= 0.6 is 0 Å². The van der Waals surface area contributed by atoms with E-state index in [0.717, 1.165) is 13.1 Å². The smallest absolute Gasteiger partial charge is 0.173 e. The van der Waals surface area contributed by atoms with Crippen molar-refractivity contribution in [1.82, 2.24) is 4.90 Å². The third-order valence-electron chi connectivity index (χ3n) is 3.35. The van der Waals surface area contributed by atoms with E-state index >= 15 is 0 Å². The Labute approximate surface area is 117 Å². The van der Waals surface area contributed by atoms with Gasteiger partial charge in [0.15, 0.2) is 5.84 Å². The minimum atomic E-state index is -0.436. The largest absolute Gasteiger partial charge is 0.409 e. The van der Waals surface area contributed by atoms with Crippen LogP contribution < -0.4 is 5.73 Å². The maximum atomic E-state index is 14.3. The highest BCUT2D eigenvalue weighted by molar-refractivity contribution is 5.97. The molecule has 0 amide bonds. The van der Waals surface area contributed by atoms with Gasteiger partial charge < -0.3 is 15.7 Å². The summed E-state index contributed by atoms with van der Waals surface area (Å²) in [5.74, 6) is -0.650. The molecular formula is C14H20FN3O2. The lowest BCUT2D eigenvalue weighted by molar-refractivity contribution is -0.0707. The Bertz CT molecular complexity index is 497. The molecule has 1 aliphatic heterocycles. The van der Waals surface area contributed by atoms with Gasteiger partial charge in [-0.3, -0.25) is 4.90 Å². The first-order valence-electron chi connectivity index (χ1n) is 6.64. The summed E-state index contributed by atoms with van der Waals surface area (Å²) >= 11 is 0. The number of morpholine rings is 1. The van der Waals surface area contributed by atoms with Gasteiger partial charge >= 0.3 is 0 Å². The van der Waals surface area contributed by atoms with E-state index in [1.165, 1.54) is 6.07 Å². The lowest BCUT2D eigenvalue weighted by Gasteiger charge is -2.35. The normalized spacial score (nSPS) is 24.9. The van der Waals surface area contributed by atoms with Crippen molar-refractivity contribution in [3.8, 4) is 0 Å². The van der Waals surface area contributed by atoms with Gasteiger partial charge in [-0.2, -0.15) is 0 Å². The molecule has 1 aliphatic rings. The molecule has 2 atom stereocenters. The highest BCUT2D eigenvalue weighted by Crippen LogP contribution is 2.18. The molecule has 1 fully saturated rings. The van der Waals surface area contributed by atoms with Gasteiger partial charge in [-0.1, -0.05) is 17.3 Å². The van der Waals surface area contributed by atoms with E-state index in [0.29, 0.717) is 12.1 Å². The zero-order chi connectivity index (χ0) is 14.7. The summed E-state index contributed by atoms with van der Waals surface area (Å²) in [5, 5.41) is 11.5. The number of hydrogen-bond acceptors (Lipinski definition) is 4. The molecule has 1 aromatic carbocycles. The van der Waals surface area contributed by atoms with Crippen molar-refractivity contribution in [3.05, 3.63) is 35.1 Å². The highest BCUT2D eigenvalue weighted by atomic mass is 19.1. The molecule has 0 spiro atoms. The molecule has 0 aromatic heterocycles. The van der Waals surface area contributed by atoms with E-state index in [9.17, 15) is 4.39 Å². The summed E-state index contributed by atoms with van der Waals surface area (Å²) in [6.45, 7) is 6.02. The number of nitrogens with two attached hydrogens (primary N) is 1. The fourth-order valence-corrected chi connectivity index (χ4v) is 2.61. The number of halogens is 1. The summed E-state index contributed by atoms with van der Waals surface area (Å²) in [6.07, 6.45) is 0.267. The summed E-state index contributed by atoms with van der Waals surface area (Å²) in [5.41, 5.74) is 6.13. The average molecular weight is 281 g/mol. The van der Waals surface area contributed by atoms with Crippen molar-refractivity contribution in [2.45, 2.75) is 32.6 Å². The van der Waals surface area contributed by atoms with Gasteiger partial charge in [0.2, 0.25) is 0 Å². The third-order valence-corrected chi connectivity index (χ3v) is 3.35. The van der Waals surface area contributed by atoms with Crippen LogP contribution in [0.2, 0.25) is 0 Å². The Hall–Kier alpha value is -1.66. The van der Waals surface area contributed by atoms with Crippen LogP contribution in [0.3, 0.4) is 0 Å². The molecule has 1 saturated heterocycles. The van der Waals surface area contributed by atoms with Gasteiger partial charge in [0.05, 0.1) is 17.8 Å². The van der Waals surface area contributed by atoms with Crippen molar-refractivity contribution in [1.29, 1.82) is 0 Å². The topological polar surface area (TPSA) is 71.1 Å². The van der Waals surface area contributed by atoms with Crippen LogP contribution in [-0.4, -0.2) is 41.2 Å². The summed E-state index contributed by atoms with van der Waals surface area (Å²) in [4.78, 5) is 2.15. The Morgan fingerprint density at radius 2 is 2.10 bits per heavy atom. The van der Waals surface area contributed by atoms with Gasteiger partial charge in [0.25, 0.3) is 0 Å². The molecule has 1 aromatic rings. The quantitative estimate of drug-likeness (QED) is 0.381. The van der Waals surface area contributed by atoms with Crippen molar-refractivity contribution in [2.24, 2.45) is 10.9 Å². The summed E-state index contributed by atoms with van der Waals surface area (Å²) < 4.78 is 20.0. The Balaban J connectivity index is 2.17. The Morgan fingerprint density at radius 3 is 2.70 bits per heavy atom. The molecule has 0 aliphatic carbocycles. The lowest BCUT2D eigenvalue weighted by atomic mass is 10.1. The lowest BCUT2D eigenvalue weighted by Crippen LogP contribution is -2.45. The maximum Gasteiger partial charge on any atom is 0.173 e. The van der Waals surface area contributed by atoms with Crippen LogP contribution in [0, 0.1) is 5.82 Å². The molecule has 6 heteroatoms. The number of oxime groups is 1. The number of ether oxygens (including phenoxy) is 1. The average Bonchev–Trinajstić information content (AvgIpc) is 2.39. The van der Waals surface area contributed by atoms with E-state index in [4.69, 9.17) is 15.7 Å². The van der Waals surface area contributed by atoms with E-state index in [-0.39, 0.29) is 23.6 Å². The van der Waals surface area contributed by atoms with Crippen LogP contribution in [0.25, 0.3) is 0 Å². The first kappa shape index (κ1) is 14.7. The van der Waals surface area contributed by atoms with Crippen molar-refractivity contribution in [3.63, 3.8) is 0 Å². The first-order chi connectivity index (χ1) is 9.51. The third kappa shape index (κ3) is 3.26. The molecule has 0 radical (unpaired) electrons. The van der Waals surface area contributed by atoms with E-state index < -0.39 is 5.82 Å². The minimum Gasteiger partial charge on any atom is -0.409 e. The molecule has 0 saturated carbocycles. The summed E-state index contributed by atoms with van der Waals surface area (Å²) in [7, 11) is 0. The second kappa shape index (κ2) is 6.19. The number of nitrogens with zero attached hydrogens (tertiary/aromatic N) is 2. The molecule has 2 rings (SSSR count). The molecule has 0 unspecified atom stereocenters. The fraction of sp³-hybridized carbons (Fsp3) is 0.500. The van der Waals surface area contributed by atoms with Crippen LogP contribution in [0.15, 0.2) is 23.4 Å². The van der Waals surface area contributed by atoms with Crippen molar-refractivity contribution >= 4 is 5.84 Å². The number of hydrogen-bond donors (Lipinski definition) is 2. The van der Waals surface area contributed by atoms with Gasteiger partial charge in [-0.05, 0) is 19.9 Å². The van der Waals surface area contributed by atoms with Gasteiger partial charge in [-0.25, -0.2) is 4.39 Å². The van der Waals surface area contributed by atoms with Crippen LogP contribution in [0.1, 0.15) is 25.0 Å². The molecule has 3 N–H and O–H groups in total. The van der Waals surface area contributed by atoms with E-state index in [2.05, 4.69) is 10.1 Å². The van der Waals surface area contributed by atoms with Crippen molar-refractivity contribution < 1.29 is 14.3 Å². The zero-order valence-electron chi connectivity index (χ0n) is 11.7. The first-order valence-corrected chi connectivity index (χ1v) is 6.64. The SMILES string of the molecule is C[C@@H]1CN(Cc2cccc(/C(N)=N/O)c2F)C[C@H](C)O1. The molecule has 110 valence electrons. The van der Waals surface area contributed by atoms with Crippen LogP contribution in [-0.2, 0) is 11.3 Å². The second-order valence-electron chi connectivity index (χ2n) is 5.22. The fourth-order valence-electron chi connectivity index (χ4n) is 2.61. The van der Waals surface area contributed by atoms with Gasteiger partial charge in [-0.15, -0.1) is 0 Å². The van der Waals surface area contributed by atoms with Crippen LogP contribution in [0.5, 0.6) is 0 Å². The molecular weight excluding hydrogens is 261 g/mol. The standard InChI is InChI=1S/C14H20FN3O2/c1-9-6-18(7-10(2)20-9)8-11-4-3-5-12(13(11)15)14(16)17-19/h3-5,9-10,19H,6-8H2,1-2H3,(H2,16,17)/t9-,10+. The Kier molecular flexibility index (Phi) is 4.57. The van der Waals surface area contributed by atoms with E-state index in [1.807, 2.05) is 13.8 Å². The second-order valence-corrected chi connectivity index (χ2v) is 5.22. The van der Waals surface area contributed by atoms with E-state index in [1.54, 1.807) is 12.1 Å². The molecule has 20 heavy (non-hydrogen) atoms. The minimum absolute atomic E-state index is 0.124. The number of rotatable bonds is 3. The molecule has 1 heterocycles. The number of amidine groups is 1. The monoisotopic (exact) mass is 281 g/mol.